The van der Waals surface area contributed by atoms with Gasteiger partial charge in [-0.15, -0.1) is 0 Å². The molecule has 1 aromatic heterocycles. The van der Waals surface area contributed by atoms with Crippen LogP contribution < -0.4 is 4.90 Å². The van der Waals surface area contributed by atoms with E-state index in [2.05, 4.69) is 9.88 Å². The average Bonchev–Trinajstić information content (AvgIpc) is 3.23. The van der Waals surface area contributed by atoms with Crippen LogP contribution in [0.2, 0.25) is 0 Å². The second-order valence-corrected chi connectivity index (χ2v) is 7.22. The number of aliphatic carboxylic acids is 1. The quantitative estimate of drug-likeness (QED) is 0.909. The summed E-state index contributed by atoms with van der Waals surface area (Å²) in [5.41, 5.74) is 0. The Morgan fingerprint density at radius 1 is 1.04 bits per heavy atom. The molecule has 2 saturated carbocycles. The van der Waals surface area contributed by atoms with E-state index in [1.165, 1.54) is 0 Å². The average molecular weight is 329 g/mol. The maximum absolute atomic E-state index is 13.0. The van der Waals surface area contributed by atoms with Crippen LogP contribution in [0, 0.1) is 23.7 Å². The van der Waals surface area contributed by atoms with Crippen molar-refractivity contribution in [3.63, 3.8) is 0 Å². The number of carboxylic acids is 1. The van der Waals surface area contributed by atoms with Gasteiger partial charge in [0.2, 0.25) is 5.91 Å². The first kappa shape index (κ1) is 15.4. The predicted octanol–water partition coefficient (Wildman–Crippen LogP) is 1.48. The molecule has 1 aromatic rings. The fourth-order valence-corrected chi connectivity index (χ4v) is 4.91. The highest BCUT2D eigenvalue weighted by atomic mass is 16.4. The minimum atomic E-state index is -0.785. The van der Waals surface area contributed by atoms with Crippen molar-refractivity contribution in [2.75, 3.05) is 31.1 Å². The molecular formula is C18H23N3O3. The monoisotopic (exact) mass is 329 g/mol. The highest BCUT2D eigenvalue weighted by Gasteiger charge is 2.54. The van der Waals surface area contributed by atoms with Crippen molar-refractivity contribution in [1.29, 1.82) is 0 Å². The number of hydrogen-bond acceptors (Lipinski definition) is 4. The molecule has 2 bridgehead atoms. The van der Waals surface area contributed by atoms with Crippen molar-refractivity contribution in [3.8, 4) is 0 Å². The Morgan fingerprint density at radius 3 is 2.38 bits per heavy atom. The molecule has 2 heterocycles. The second-order valence-electron chi connectivity index (χ2n) is 7.22. The number of pyridine rings is 1. The minimum Gasteiger partial charge on any atom is -0.481 e. The van der Waals surface area contributed by atoms with Crippen molar-refractivity contribution >= 4 is 17.7 Å². The van der Waals surface area contributed by atoms with Gasteiger partial charge in [0.1, 0.15) is 5.82 Å². The number of anilines is 1. The molecule has 6 nitrogen and oxygen atoms in total. The zero-order valence-corrected chi connectivity index (χ0v) is 13.7. The van der Waals surface area contributed by atoms with Crippen LogP contribution in [0.5, 0.6) is 0 Å². The van der Waals surface area contributed by atoms with E-state index in [1.54, 1.807) is 6.20 Å². The molecule has 128 valence electrons. The fourth-order valence-electron chi connectivity index (χ4n) is 4.91. The van der Waals surface area contributed by atoms with Crippen molar-refractivity contribution in [3.05, 3.63) is 24.4 Å². The first-order valence-electron chi connectivity index (χ1n) is 8.82. The van der Waals surface area contributed by atoms with Crippen molar-refractivity contribution in [2.24, 2.45) is 23.7 Å². The van der Waals surface area contributed by atoms with E-state index in [-0.39, 0.29) is 23.7 Å². The molecule has 24 heavy (non-hydrogen) atoms. The molecule has 1 aliphatic heterocycles. The van der Waals surface area contributed by atoms with Gasteiger partial charge in [0.05, 0.1) is 11.8 Å². The van der Waals surface area contributed by atoms with Gasteiger partial charge < -0.3 is 14.9 Å². The van der Waals surface area contributed by atoms with Crippen LogP contribution in [0.4, 0.5) is 5.82 Å². The third-order valence-electron chi connectivity index (χ3n) is 6.05. The Balaban J connectivity index is 1.42. The Morgan fingerprint density at radius 2 is 1.75 bits per heavy atom. The summed E-state index contributed by atoms with van der Waals surface area (Å²) in [5, 5.41) is 9.56. The Labute approximate surface area is 141 Å². The van der Waals surface area contributed by atoms with Crippen LogP contribution in [0.3, 0.4) is 0 Å². The zero-order chi connectivity index (χ0) is 16.7. The highest BCUT2D eigenvalue weighted by Crippen LogP contribution is 2.53. The van der Waals surface area contributed by atoms with Gasteiger partial charge in [-0.05, 0) is 43.2 Å². The number of amides is 1. The summed E-state index contributed by atoms with van der Waals surface area (Å²) in [6, 6.07) is 5.84. The Hall–Kier alpha value is -2.11. The van der Waals surface area contributed by atoms with Gasteiger partial charge in [0.25, 0.3) is 0 Å². The standard InChI is InChI=1S/C18H23N3O3/c22-17(15-12-4-5-13(11-12)16(15)18(23)24)21-9-7-20(8-10-21)14-3-1-2-6-19-14/h1-3,6,12-13,15-16H,4-5,7-11H2,(H,23,24)/t12-,13-,15-,16-/m0/s1. The van der Waals surface area contributed by atoms with Crippen LogP contribution in [0.15, 0.2) is 24.4 Å². The number of carbonyl (C=O) groups is 2. The van der Waals surface area contributed by atoms with Gasteiger partial charge >= 0.3 is 5.97 Å². The first-order valence-corrected chi connectivity index (χ1v) is 8.82. The molecule has 0 aromatic carbocycles. The van der Waals surface area contributed by atoms with Crippen LogP contribution in [0.1, 0.15) is 19.3 Å². The second kappa shape index (κ2) is 6.07. The maximum atomic E-state index is 13.0. The largest absolute Gasteiger partial charge is 0.481 e. The van der Waals surface area contributed by atoms with Crippen molar-refractivity contribution in [2.45, 2.75) is 19.3 Å². The smallest absolute Gasteiger partial charge is 0.307 e. The number of carbonyl (C=O) groups excluding carboxylic acids is 1. The number of piperazine rings is 1. The third kappa shape index (κ3) is 2.54. The SMILES string of the molecule is O=C(O)[C@H]1[C@H]2CC[C@@H](C2)[C@@H]1C(=O)N1CCN(c2ccccn2)CC1. The molecule has 0 radical (unpaired) electrons. The predicted molar refractivity (Wildman–Crippen MR) is 88.5 cm³/mol. The lowest BCUT2D eigenvalue weighted by molar-refractivity contribution is -0.153. The number of carboxylic acid groups (broad SMARTS) is 1. The molecule has 1 amide bonds. The van der Waals surface area contributed by atoms with Crippen molar-refractivity contribution < 1.29 is 14.7 Å². The Kier molecular flexibility index (Phi) is 3.90. The Bertz CT molecular complexity index is 628. The minimum absolute atomic E-state index is 0.0651. The van der Waals surface area contributed by atoms with E-state index in [9.17, 15) is 14.7 Å². The fraction of sp³-hybridized carbons (Fsp3) is 0.611. The summed E-state index contributed by atoms with van der Waals surface area (Å²) in [6.07, 6.45) is 4.68. The van der Waals surface area contributed by atoms with Crippen molar-refractivity contribution in [1.82, 2.24) is 9.88 Å². The van der Waals surface area contributed by atoms with Crippen LogP contribution >= 0.6 is 0 Å². The molecule has 6 heteroatoms. The molecule has 3 fully saturated rings. The first-order chi connectivity index (χ1) is 11.6. The van der Waals surface area contributed by atoms with Crippen LogP contribution in [0.25, 0.3) is 0 Å². The molecule has 4 rings (SSSR count). The van der Waals surface area contributed by atoms with E-state index < -0.39 is 11.9 Å². The topological polar surface area (TPSA) is 73.7 Å². The van der Waals surface area contributed by atoms with Crippen LogP contribution in [-0.2, 0) is 9.59 Å². The molecular weight excluding hydrogens is 306 g/mol. The van der Waals surface area contributed by atoms with Crippen LogP contribution in [-0.4, -0.2) is 53.0 Å². The number of aromatic nitrogens is 1. The molecule has 4 atom stereocenters. The summed E-state index contributed by atoms with van der Waals surface area (Å²) in [7, 11) is 0. The molecule has 1 N–H and O–H groups in total. The van der Waals surface area contributed by atoms with E-state index in [4.69, 9.17) is 0 Å². The van der Waals surface area contributed by atoms with E-state index >= 15 is 0 Å². The van der Waals surface area contributed by atoms with Gasteiger partial charge in [-0.3, -0.25) is 9.59 Å². The van der Waals surface area contributed by atoms with Gasteiger partial charge in [0.15, 0.2) is 0 Å². The normalized spacial score (nSPS) is 32.2. The number of nitrogens with zero attached hydrogens (tertiary/aromatic N) is 3. The van der Waals surface area contributed by atoms with Gasteiger partial charge in [-0.25, -0.2) is 4.98 Å². The molecule has 3 aliphatic rings. The van der Waals surface area contributed by atoms with Gasteiger partial charge in [-0.2, -0.15) is 0 Å². The van der Waals surface area contributed by atoms with Gasteiger partial charge in [0, 0.05) is 32.4 Å². The number of rotatable bonds is 3. The lowest BCUT2D eigenvalue weighted by atomic mass is 9.78. The summed E-state index contributed by atoms with van der Waals surface area (Å²) < 4.78 is 0. The lowest BCUT2D eigenvalue weighted by Crippen LogP contribution is -2.52. The van der Waals surface area contributed by atoms with E-state index in [1.807, 2.05) is 23.1 Å². The third-order valence-corrected chi connectivity index (χ3v) is 6.05. The molecule has 0 unspecified atom stereocenters. The summed E-state index contributed by atoms with van der Waals surface area (Å²) >= 11 is 0. The van der Waals surface area contributed by atoms with Gasteiger partial charge in [-0.1, -0.05) is 6.07 Å². The zero-order valence-electron chi connectivity index (χ0n) is 13.7. The lowest BCUT2D eigenvalue weighted by Gasteiger charge is -2.38. The number of hydrogen-bond donors (Lipinski definition) is 1. The highest BCUT2D eigenvalue weighted by molar-refractivity contribution is 5.86. The summed E-state index contributed by atoms with van der Waals surface area (Å²) in [6.45, 7) is 2.80. The molecule has 1 saturated heterocycles. The maximum Gasteiger partial charge on any atom is 0.307 e. The number of fused-ring (bicyclic) bond motifs is 2. The van der Waals surface area contributed by atoms with E-state index in [0.717, 1.165) is 38.2 Å². The molecule has 2 aliphatic carbocycles. The van der Waals surface area contributed by atoms with E-state index in [0.29, 0.717) is 13.1 Å². The summed E-state index contributed by atoms with van der Waals surface area (Å²) in [5.74, 6) is -0.0720. The molecule has 0 spiro atoms. The summed E-state index contributed by atoms with van der Waals surface area (Å²) in [4.78, 5) is 33.0.